The van der Waals surface area contributed by atoms with E-state index in [2.05, 4.69) is 27.4 Å². The minimum atomic E-state index is -0.459. The fourth-order valence-electron chi connectivity index (χ4n) is 1.65. The Morgan fingerprint density at radius 3 is 3.00 bits per heavy atom. The van der Waals surface area contributed by atoms with Gasteiger partial charge in [0, 0.05) is 11.6 Å². The summed E-state index contributed by atoms with van der Waals surface area (Å²) in [6, 6.07) is 7.38. The van der Waals surface area contributed by atoms with E-state index in [1.54, 1.807) is 6.92 Å². The van der Waals surface area contributed by atoms with Crippen LogP contribution in [0.3, 0.4) is 0 Å². The van der Waals surface area contributed by atoms with Crippen LogP contribution in [0.15, 0.2) is 35.5 Å². The largest absolute Gasteiger partial charge is 0.462 e. The van der Waals surface area contributed by atoms with Crippen LogP contribution in [-0.2, 0) is 4.74 Å². The van der Waals surface area contributed by atoms with E-state index in [-0.39, 0.29) is 0 Å². The summed E-state index contributed by atoms with van der Waals surface area (Å²) >= 11 is 4.62. The number of ether oxygens (including phenoxy) is 1. The van der Waals surface area contributed by atoms with Crippen molar-refractivity contribution in [1.82, 2.24) is 4.98 Å². The van der Waals surface area contributed by atoms with Crippen molar-refractivity contribution in [3.63, 3.8) is 0 Å². The van der Waals surface area contributed by atoms with Gasteiger partial charge in [-0.3, -0.25) is 4.98 Å². The zero-order chi connectivity index (χ0) is 13.0. The lowest BCUT2D eigenvalue weighted by Crippen LogP contribution is -2.05. The highest BCUT2D eigenvalue weighted by molar-refractivity contribution is 7.78. The number of pyridine rings is 1. The van der Waals surface area contributed by atoms with Crippen LogP contribution in [0.4, 0.5) is 5.69 Å². The third kappa shape index (κ3) is 2.27. The number of para-hydroxylation sites is 1. The number of aromatic nitrogens is 1. The first-order valence-electron chi connectivity index (χ1n) is 5.40. The van der Waals surface area contributed by atoms with Crippen LogP contribution in [-0.4, -0.2) is 22.7 Å². The van der Waals surface area contributed by atoms with Gasteiger partial charge in [0.1, 0.15) is 5.56 Å². The molecule has 0 atom stereocenters. The number of fused-ring (bicyclic) bond motifs is 1. The quantitative estimate of drug-likeness (QED) is 0.482. The SMILES string of the molecule is CCOC(=O)c1cnc2ccccc2c1N=C=S. The molecule has 1 heterocycles. The standard InChI is InChI=1S/C13H10N2O2S/c1-2-17-13(16)10-7-14-11-6-4-3-5-9(11)12(10)15-8-18/h3-7H,2H2,1H3. The molecule has 5 heteroatoms. The van der Waals surface area contributed by atoms with Crippen LogP contribution in [0.25, 0.3) is 10.9 Å². The molecule has 18 heavy (non-hydrogen) atoms. The van der Waals surface area contributed by atoms with Gasteiger partial charge in [-0.15, -0.1) is 0 Å². The van der Waals surface area contributed by atoms with E-state index in [0.29, 0.717) is 17.9 Å². The first kappa shape index (κ1) is 12.4. The second-order valence-corrected chi connectivity index (χ2v) is 3.64. The van der Waals surface area contributed by atoms with Crippen LogP contribution in [0.1, 0.15) is 17.3 Å². The minimum absolute atomic E-state index is 0.298. The Labute approximate surface area is 109 Å². The summed E-state index contributed by atoms with van der Waals surface area (Å²) in [5, 5.41) is 3.04. The highest BCUT2D eigenvalue weighted by Crippen LogP contribution is 2.28. The summed E-state index contributed by atoms with van der Waals surface area (Å²) < 4.78 is 4.96. The number of carbonyl (C=O) groups excluding carboxylic acids is 1. The molecule has 90 valence electrons. The highest BCUT2D eigenvalue weighted by atomic mass is 32.1. The van der Waals surface area contributed by atoms with Crippen molar-refractivity contribution in [2.45, 2.75) is 6.92 Å². The van der Waals surface area contributed by atoms with Gasteiger partial charge < -0.3 is 4.74 Å². The molecule has 0 N–H and O–H groups in total. The third-order valence-electron chi connectivity index (χ3n) is 2.40. The maximum absolute atomic E-state index is 11.8. The van der Waals surface area contributed by atoms with E-state index >= 15 is 0 Å². The van der Waals surface area contributed by atoms with Crippen molar-refractivity contribution in [1.29, 1.82) is 0 Å². The molecular weight excluding hydrogens is 248 g/mol. The van der Waals surface area contributed by atoms with Gasteiger partial charge >= 0.3 is 5.97 Å². The van der Waals surface area contributed by atoms with Crippen molar-refractivity contribution in [3.8, 4) is 0 Å². The molecule has 4 nitrogen and oxygen atoms in total. The maximum Gasteiger partial charge on any atom is 0.341 e. The first-order valence-corrected chi connectivity index (χ1v) is 5.81. The molecule has 0 unspecified atom stereocenters. The third-order valence-corrected chi connectivity index (χ3v) is 2.49. The molecule has 0 fully saturated rings. The summed E-state index contributed by atoms with van der Waals surface area (Å²) in [6.45, 7) is 2.04. The molecule has 0 saturated carbocycles. The zero-order valence-corrected chi connectivity index (χ0v) is 10.5. The second-order valence-electron chi connectivity index (χ2n) is 3.46. The van der Waals surface area contributed by atoms with E-state index in [1.165, 1.54) is 6.20 Å². The Morgan fingerprint density at radius 1 is 1.50 bits per heavy atom. The Morgan fingerprint density at radius 2 is 2.28 bits per heavy atom. The lowest BCUT2D eigenvalue weighted by atomic mass is 10.1. The monoisotopic (exact) mass is 258 g/mol. The number of thiocarbonyl (C=S) groups is 1. The zero-order valence-electron chi connectivity index (χ0n) is 9.71. The van der Waals surface area contributed by atoms with E-state index in [0.717, 1.165) is 10.9 Å². The summed E-state index contributed by atoms with van der Waals surface area (Å²) in [4.78, 5) is 20.0. The number of aliphatic imine (C=N–C) groups is 1. The minimum Gasteiger partial charge on any atom is -0.462 e. The number of esters is 1. The van der Waals surface area contributed by atoms with E-state index in [9.17, 15) is 4.79 Å². The molecule has 1 aromatic carbocycles. The van der Waals surface area contributed by atoms with Gasteiger partial charge in [-0.25, -0.2) is 4.79 Å². The van der Waals surface area contributed by atoms with Gasteiger partial charge in [0.05, 0.1) is 23.0 Å². The van der Waals surface area contributed by atoms with Crippen LogP contribution >= 0.6 is 12.2 Å². The van der Waals surface area contributed by atoms with Gasteiger partial charge in [-0.05, 0) is 25.2 Å². The molecule has 0 spiro atoms. The van der Waals surface area contributed by atoms with Crippen molar-refractivity contribution in [3.05, 3.63) is 36.0 Å². The molecule has 2 aromatic rings. The lowest BCUT2D eigenvalue weighted by molar-refractivity contribution is 0.0527. The molecule has 0 aliphatic carbocycles. The molecule has 1 aromatic heterocycles. The Balaban J connectivity index is 2.70. The fourth-order valence-corrected chi connectivity index (χ4v) is 1.74. The summed E-state index contributed by atoms with van der Waals surface area (Å²) in [5.74, 6) is -0.459. The van der Waals surface area contributed by atoms with Crippen molar-refractivity contribution < 1.29 is 9.53 Å². The molecule has 0 bridgehead atoms. The number of carbonyl (C=O) groups is 1. The number of nitrogens with zero attached hydrogens (tertiary/aromatic N) is 2. The smallest absolute Gasteiger partial charge is 0.341 e. The molecule has 0 saturated heterocycles. The predicted octanol–water partition coefficient (Wildman–Crippen LogP) is 3.15. The normalized spacial score (nSPS) is 9.83. The summed E-state index contributed by atoms with van der Waals surface area (Å²) in [6.07, 6.45) is 1.45. The predicted molar refractivity (Wildman–Crippen MR) is 72.4 cm³/mol. The number of isothiocyanates is 1. The number of rotatable bonds is 3. The van der Waals surface area contributed by atoms with Gasteiger partial charge in [0.25, 0.3) is 0 Å². The van der Waals surface area contributed by atoms with Crippen LogP contribution < -0.4 is 0 Å². The highest BCUT2D eigenvalue weighted by Gasteiger charge is 2.15. The van der Waals surface area contributed by atoms with E-state index < -0.39 is 5.97 Å². The van der Waals surface area contributed by atoms with Crippen LogP contribution in [0.5, 0.6) is 0 Å². The van der Waals surface area contributed by atoms with Gasteiger partial charge in [-0.2, -0.15) is 4.99 Å². The Bertz CT molecular complexity index is 648. The molecular formula is C13H10N2O2S. The van der Waals surface area contributed by atoms with Gasteiger partial charge in [-0.1, -0.05) is 18.2 Å². The number of benzene rings is 1. The van der Waals surface area contributed by atoms with Gasteiger partial charge in [0.15, 0.2) is 0 Å². The van der Waals surface area contributed by atoms with Crippen molar-refractivity contribution in [2.24, 2.45) is 4.99 Å². The molecule has 2 rings (SSSR count). The molecule has 0 aliphatic rings. The number of hydrogen-bond donors (Lipinski definition) is 0. The maximum atomic E-state index is 11.8. The lowest BCUT2D eigenvalue weighted by Gasteiger charge is -2.06. The Kier molecular flexibility index (Phi) is 3.77. The van der Waals surface area contributed by atoms with Crippen LogP contribution in [0.2, 0.25) is 0 Å². The Hall–Kier alpha value is -2.10. The van der Waals surface area contributed by atoms with Gasteiger partial charge in [0.2, 0.25) is 0 Å². The molecule has 0 aliphatic heterocycles. The van der Waals surface area contributed by atoms with Crippen molar-refractivity contribution >= 4 is 39.9 Å². The first-order chi connectivity index (χ1) is 8.77. The summed E-state index contributed by atoms with van der Waals surface area (Å²) in [7, 11) is 0. The van der Waals surface area contributed by atoms with Crippen LogP contribution in [0, 0.1) is 0 Å². The molecule has 0 amide bonds. The fraction of sp³-hybridized carbons (Fsp3) is 0.154. The average Bonchev–Trinajstić information content (AvgIpc) is 2.39. The number of hydrogen-bond acceptors (Lipinski definition) is 5. The van der Waals surface area contributed by atoms with E-state index in [1.807, 2.05) is 24.3 Å². The summed E-state index contributed by atoms with van der Waals surface area (Å²) in [5.41, 5.74) is 1.50. The second kappa shape index (κ2) is 5.49. The van der Waals surface area contributed by atoms with Crippen molar-refractivity contribution in [2.75, 3.05) is 6.61 Å². The van der Waals surface area contributed by atoms with E-state index in [4.69, 9.17) is 4.74 Å². The average molecular weight is 258 g/mol. The molecule has 0 radical (unpaired) electrons. The topological polar surface area (TPSA) is 51.5 Å².